The number of pyridine rings is 1. The Kier molecular flexibility index (Phi) is 4.91. The van der Waals surface area contributed by atoms with Crippen molar-refractivity contribution in [2.75, 3.05) is 13.1 Å². The van der Waals surface area contributed by atoms with Crippen molar-refractivity contribution in [3.05, 3.63) is 51.6 Å². The quantitative estimate of drug-likeness (QED) is 0.711. The monoisotopic (exact) mass is 393 g/mol. The average Bonchev–Trinajstić information content (AvgIpc) is 3.42. The van der Waals surface area contributed by atoms with Crippen LogP contribution in [0.4, 0.5) is 0 Å². The summed E-state index contributed by atoms with van der Waals surface area (Å²) in [6.45, 7) is 4.14. The lowest BCUT2D eigenvalue weighted by molar-refractivity contribution is -0.914. The second kappa shape index (κ2) is 7.71. The van der Waals surface area contributed by atoms with E-state index in [1.54, 1.807) is 0 Å². The number of aromatic nitrogens is 5. The zero-order valence-electron chi connectivity index (χ0n) is 17.0. The summed E-state index contributed by atoms with van der Waals surface area (Å²) in [6.07, 6.45) is 8.34. The molecular formula is C22H29N6O+. The van der Waals surface area contributed by atoms with Crippen molar-refractivity contribution in [3.8, 4) is 0 Å². The maximum atomic E-state index is 13.2. The van der Waals surface area contributed by atoms with Crippen LogP contribution in [-0.4, -0.2) is 38.3 Å². The van der Waals surface area contributed by atoms with E-state index in [-0.39, 0.29) is 11.6 Å². The number of hydrogen-bond acceptors (Lipinski definition) is 4. The second-order valence-electron chi connectivity index (χ2n) is 8.72. The molecule has 1 aromatic carbocycles. The van der Waals surface area contributed by atoms with Gasteiger partial charge < -0.3 is 9.88 Å². The molecule has 0 radical (unpaired) electrons. The Morgan fingerprint density at radius 3 is 2.69 bits per heavy atom. The van der Waals surface area contributed by atoms with Gasteiger partial charge in [0, 0.05) is 18.4 Å². The number of benzene rings is 1. The van der Waals surface area contributed by atoms with Crippen LogP contribution in [-0.2, 0) is 0 Å². The average molecular weight is 394 g/mol. The lowest BCUT2D eigenvalue weighted by Gasteiger charge is -2.27. The molecule has 1 saturated heterocycles. The number of fused-ring (bicyclic) bond motifs is 1. The van der Waals surface area contributed by atoms with Crippen LogP contribution in [0.5, 0.6) is 0 Å². The molecule has 0 amide bonds. The number of tetrazole rings is 1. The molecule has 1 atom stereocenters. The first-order valence-corrected chi connectivity index (χ1v) is 11.0. The molecule has 2 aromatic heterocycles. The van der Waals surface area contributed by atoms with Crippen molar-refractivity contribution in [3.63, 3.8) is 0 Å². The fourth-order valence-corrected chi connectivity index (χ4v) is 5.18. The van der Waals surface area contributed by atoms with Gasteiger partial charge in [0.1, 0.15) is 0 Å². The standard InChI is InChI=1S/C22H28N6O/c1-15-9-10-16-14-18(22(29)23-19(16)13-15)20(27-11-5-6-12-27)21-24-25-26-28(21)17-7-3-2-4-8-17/h9-10,13-14,17,20H,2-8,11-12H2,1H3,(H,23,29)/p+1/t20-/m0/s1. The van der Waals surface area contributed by atoms with E-state index in [4.69, 9.17) is 0 Å². The predicted octanol–water partition coefficient (Wildman–Crippen LogP) is 2.10. The fraction of sp³-hybridized carbons (Fsp3) is 0.545. The van der Waals surface area contributed by atoms with E-state index in [2.05, 4.69) is 38.7 Å². The zero-order valence-corrected chi connectivity index (χ0v) is 17.0. The van der Waals surface area contributed by atoms with Gasteiger partial charge in [0.25, 0.3) is 5.56 Å². The van der Waals surface area contributed by atoms with Gasteiger partial charge >= 0.3 is 0 Å². The van der Waals surface area contributed by atoms with Gasteiger partial charge in [0.05, 0.1) is 24.7 Å². The van der Waals surface area contributed by atoms with Crippen molar-refractivity contribution < 1.29 is 4.90 Å². The molecule has 1 saturated carbocycles. The maximum Gasteiger partial charge on any atom is 0.258 e. The molecule has 7 heteroatoms. The van der Waals surface area contributed by atoms with Gasteiger partial charge in [-0.1, -0.05) is 31.4 Å². The number of nitrogens with zero attached hydrogens (tertiary/aromatic N) is 4. The molecule has 3 heterocycles. The first-order chi connectivity index (χ1) is 14.2. The van der Waals surface area contributed by atoms with E-state index < -0.39 is 0 Å². The van der Waals surface area contributed by atoms with Crippen LogP contribution in [0.1, 0.15) is 74.0 Å². The highest BCUT2D eigenvalue weighted by atomic mass is 16.1. The van der Waals surface area contributed by atoms with Crippen LogP contribution in [0, 0.1) is 6.92 Å². The maximum absolute atomic E-state index is 13.2. The largest absolute Gasteiger partial charge is 0.322 e. The number of H-pyrrole nitrogens is 1. The lowest BCUT2D eigenvalue weighted by atomic mass is 9.95. The van der Waals surface area contributed by atoms with Gasteiger partial charge in [-0.15, -0.1) is 5.10 Å². The summed E-state index contributed by atoms with van der Waals surface area (Å²) in [5.74, 6) is 0.853. The molecule has 0 spiro atoms. The number of aromatic amines is 1. The molecule has 5 rings (SSSR count). The van der Waals surface area contributed by atoms with Crippen LogP contribution in [0.25, 0.3) is 10.9 Å². The fourth-order valence-electron chi connectivity index (χ4n) is 5.18. The van der Waals surface area contributed by atoms with Gasteiger partial charge in [-0.3, -0.25) is 4.79 Å². The topological polar surface area (TPSA) is 80.9 Å². The van der Waals surface area contributed by atoms with E-state index in [1.165, 1.54) is 37.0 Å². The molecule has 2 fully saturated rings. The Hall–Kier alpha value is -2.54. The van der Waals surface area contributed by atoms with E-state index in [1.807, 2.05) is 17.7 Å². The number of quaternary nitrogens is 1. The summed E-state index contributed by atoms with van der Waals surface area (Å²) in [5.41, 5.74) is 2.79. The molecule has 29 heavy (non-hydrogen) atoms. The minimum atomic E-state index is -0.121. The van der Waals surface area contributed by atoms with Crippen molar-refractivity contribution in [2.24, 2.45) is 0 Å². The summed E-state index contributed by atoms with van der Waals surface area (Å²) in [4.78, 5) is 17.7. The number of aryl methyl sites for hydroxylation is 1. The van der Waals surface area contributed by atoms with Crippen LogP contribution >= 0.6 is 0 Å². The van der Waals surface area contributed by atoms with E-state index in [9.17, 15) is 4.79 Å². The lowest BCUT2D eigenvalue weighted by Crippen LogP contribution is -3.10. The first kappa shape index (κ1) is 18.5. The van der Waals surface area contributed by atoms with Crippen molar-refractivity contribution in [2.45, 2.75) is 64.0 Å². The Bertz CT molecular complexity index is 1060. The summed E-state index contributed by atoms with van der Waals surface area (Å²) < 4.78 is 2.04. The Morgan fingerprint density at radius 2 is 1.90 bits per heavy atom. The molecule has 1 aliphatic carbocycles. The van der Waals surface area contributed by atoms with Crippen LogP contribution < -0.4 is 10.5 Å². The SMILES string of the molecule is Cc1ccc2cc([C@@H](c3nnnn3C3CCCCC3)[NH+]3CCCC3)c(=O)[nH]c2c1. The van der Waals surface area contributed by atoms with Gasteiger partial charge in [0.15, 0.2) is 6.04 Å². The molecular weight excluding hydrogens is 364 g/mol. The molecule has 1 aliphatic heterocycles. The number of hydrogen-bond donors (Lipinski definition) is 2. The molecule has 2 N–H and O–H groups in total. The van der Waals surface area contributed by atoms with Crippen molar-refractivity contribution >= 4 is 10.9 Å². The van der Waals surface area contributed by atoms with Crippen LogP contribution in [0.2, 0.25) is 0 Å². The number of rotatable bonds is 4. The van der Waals surface area contributed by atoms with E-state index in [0.29, 0.717) is 6.04 Å². The molecule has 0 bridgehead atoms. The minimum absolute atomic E-state index is 0.0225. The molecule has 2 aliphatic rings. The van der Waals surface area contributed by atoms with Gasteiger partial charge in [-0.25, -0.2) is 4.68 Å². The molecule has 152 valence electrons. The first-order valence-electron chi connectivity index (χ1n) is 11.0. The van der Waals surface area contributed by atoms with Crippen LogP contribution in [0.3, 0.4) is 0 Å². The highest BCUT2D eigenvalue weighted by Gasteiger charge is 2.37. The Labute approximate surface area is 170 Å². The van der Waals surface area contributed by atoms with E-state index >= 15 is 0 Å². The summed E-state index contributed by atoms with van der Waals surface area (Å²) in [7, 11) is 0. The zero-order chi connectivity index (χ0) is 19.8. The third-order valence-electron chi connectivity index (χ3n) is 6.69. The smallest absolute Gasteiger partial charge is 0.258 e. The van der Waals surface area contributed by atoms with Gasteiger partial charge in [0.2, 0.25) is 5.82 Å². The van der Waals surface area contributed by atoms with Crippen molar-refractivity contribution in [1.29, 1.82) is 0 Å². The highest BCUT2D eigenvalue weighted by molar-refractivity contribution is 5.79. The Morgan fingerprint density at radius 1 is 1.10 bits per heavy atom. The number of nitrogens with one attached hydrogen (secondary N) is 2. The second-order valence-corrected chi connectivity index (χ2v) is 8.72. The molecule has 7 nitrogen and oxygen atoms in total. The third kappa shape index (κ3) is 3.48. The summed E-state index contributed by atoms with van der Waals surface area (Å²) in [5, 5.41) is 14.0. The normalized spacial score (nSPS) is 19.8. The minimum Gasteiger partial charge on any atom is -0.322 e. The van der Waals surface area contributed by atoms with Crippen molar-refractivity contribution in [1.82, 2.24) is 25.2 Å². The van der Waals surface area contributed by atoms with Gasteiger partial charge in [-0.2, -0.15) is 0 Å². The predicted molar refractivity (Wildman–Crippen MR) is 111 cm³/mol. The summed E-state index contributed by atoms with van der Waals surface area (Å²) in [6, 6.07) is 8.50. The summed E-state index contributed by atoms with van der Waals surface area (Å²) >= 11 is 0. The molecule has 3 aromatic rings. The number of likely N-dealkylation sites (tertiary alicyclic amines) is 1. The Balaban J connectivity index is 1.63. The van der Waals surface area contributed by atoms with Crippen LogP contribution in [0.15, 0.2) is 29.1 Å². The molecule has 0 unspecified atom stereocenters. The van der Waals surface area contributed by atoms with Gasteiger partial charge in [-0.05, 0) is 53.3 Å². The third-order valence-corrected chi connectivity index (χ3v) is 6.69. The van der Waals surface area contributed by atoms with E-state index in [0.717, 1.165) is 53.8 Å². The highest BCUT2D eigenvalue weighted by Crippen LogP contribution is 2.30.